The molecule has 0 bridgehead atoms. The Kier molecular flexibility index (Phi) is 4.64. The van der Waals surface area contributed by atoms with Crippen LogP contribution >= 0.6 is 11.6 Å². The van der Waals surface area contributed by atoms with E-state index in [9.17, 15) is 10.1 Å². The largest absolute Gasteiger partial charge is 0.349 e. The van der Waals surface area contributed by atoms with Gasteiger partial charge in [0.05, 0.1) is 29.3 Å². The molecular weight excluding hydrogens is 326 g/mol. The van der Waals surface area contributed by atoms with Crippen molar-refractivity contribution in [2.45, 2.75) is 12.5 Å². The van der Waals surface area contributed by atoms with Crippen molar-refractivity contribution in [2.75, 3.05) is 0 Å². The van der Waals surface area contributed by atoms with Crippen LogP contribution in [0.15, 0.2) is 48.7 Å². The van der Waals surface area contributed by atoms with E-state index in [4.69, 9.17) is 11.6 Å². The van der Waals surface area contributed by atoms with E-state index in [0.29, 0.717) is 16.7 Å². The molecule has 1 amide bonds. The van der Waals surface area contributed by atoms with Gasteiger partial charge in [-0.1, -0.05) is 29.8 Å². The highest BCUT2D eigenvalue weighted by atomic mass is 35.5. The van der Waals surface area contributed by atoms with Crippen LogP contribution in [0.1, 0.15) is 17.3 Å². The molecule has 0 spiro atoms. The van der Waals surface area contributed by atoms with Crippen molar-refractivity contribution in [3.63, 3.8) is 0 Å². The smallest absolute Gasteiger partial charge is 0.243 e. The Morgan fingerprint density at radius 1 is 1.17 bits per heavy atom. The number of halogens is 1. The number of nitriles is 1. The monoisotopic (exact) mass is 337 g/mol. The molecule has 1 aromatic carbocycles. The number of hydrogen-bond acceptors (Lipinski definition) is 5. The van der Waals surface area contributed by atoms with E-state index in [2.05, 4.69) is 20.3 Å². The van der Waals surface area contributed by atoms with E-state index in [1.807, 2.05) is 18.2 Å². The minimum Gasteiger partial charge on any atom is -0.349 e. The first-order valence-corrected chi connectivity index (χ1v) is 7.56. The van der Waals surface area contributed by atoms with Crippen molar-refractivity contribution in [3.05, 3.63) is 65.2 Å². The molecule has 6 nitrogen and oxygen atoms in total. The quantitative estimate of drug-likeness (QED) is 0.790. The Hall–Kier alpha value is -3.04. The van der Waals surface area contributed by atoms with Gasteiger partial charge in [0.2, 0.25) is 5.91 Å². The highest BCUT2D eigenvalue weighted by Gasteiger charge is 2.25. The van der Waals surface area contributed by atoms with Gasteiger partial charge in [-0.2, -0.15) is 5.26 Å². The van der Waals surface area contributed by atoms with Gasteiger partial charge in [0, 0.05) is 6.20 Å². The molecule has 3 aromatic rings. The molecule has 1 N–H and O–H groups in total. The summed E-state index contributed by atoms with van der Waals surface area (Å²) in [5.74, 6) is -1.63. The average Bonchev–Trinajstić information content (AvgIpc) is 2.62. The lowest BCUT2D eigenvalue weighted by Gasteiger charge is -2.11. The van der Waals surface area contributed by atoms with Crippen LogP contribution in [0, 0.1) is 11.3 Å². The number of carbonyl (C=O) groups excluding carboxylic acids is 1. The topological polar surface area (TPSA) is 91.6 Å². The zero-order valence-electron chi connectivity index (χ0n) is 12.5. The summed E-state index contributed by atoms with van der Waals surface area (Å²) >= 11 is 6.12. The van der Waals surface area contributed by atoms with Crippen LogP contribution in [0.3, 0.4) is 0 Å². The summed E-state index contributed by atoms with van der Waals surface area (Å²) in [6.07, 6.45) is 1.63. The summed E-state index contributed by atoms with van der Waals surface area (Å²) in [7, 11) is 0. The first kappa shape index (κ1) is 15.8. The number of hydrogen-bond donors (Lipinski definition) is 1. The number of nitrogens with one attached hydrogen (secondary N) is 1. The van der Waals surface area contributed by atoms with Gasteiger partial charge in [-0.3, -0.25) is 9.78 Å². The van der Waals surface area contributed by atoms with E-state index in [1.54, 1.807) is 36.5 Å². The van der Waals surface area contributed by atoms with Crippen molar-refractivity contribution in [3.8, 4) is 6.07 Å². The van der Waals surface area contributed by atoms with Gasteiger partial charge in [-0.15, -0.1) is 0 Å². The molecule has 0 aliphatic carbocycles. The number of benzene rings is 1. The van der Waals surface area contributed by atoms with Crippen molar-refractivity contribution >= 4 is 28.5 Å². The molecule has 0 aliphatic rings. The summed E-state index contributed by atoms with van der Waals surface area (Å²) in [6, 6.07) is 14.5. The molecule has 2 heterocycles. The van der Waals surface area contributed by atoms with Crippen LogP contribution < -0.4 is 5.32 Å². The number of nitrogens with zero attached hydrogens (tertiary/aromatic N) is 4. The lowest BCUT2D eigenvalue weighted by atomic mass is 10.1. The molecule has 118 valence electrons. The maximum Gasteiger partial charge on any atom is 0.243 e. The van der Waals surface area contributed by atoms with Crippen LogP contribution in [-0.2, 0) is 11.3 Å². The van der Waals surface area contributed by atoms with Gasteiger partial charge in [-0.05, 0) is 24.3 Å². The number of pyridine rings is 1. The second kappa shape index (κ2) is 7.02. The highest BCUT2D eigenvalue weighted by Crippen LogP contribution is 2.24. The lowest BCUT2D eigenvalue weighted by Crippen LogP contribution is -2.29. The predicted octanol–water partition coefficient (Wildman–Crippen LogP) is 2.60. The van der Waals surface area contributed by atoms with Crippen molar-refractivity contribution in [1.29, 1.82) is 5.26 Å². The summed E-state index contributed by atoms with van der Waals surface area (Å²) in [5, 5.41) is 12.1. The second-order valence-electron chi connectivity index (χ2n) is 4.99. The average molecular weight is 338 g/mol. The van der Waals surface area contributed by atoms with Crippen LogP contribution in [-0.4, -0.2) is 20.9 Å². The SMILES string of the molecule is N#CC(C(=O)NCc1ccccn1)c1nc2ccccc2nc1Cl. The fraction of sp³-hybridized carbons (Fsp3) is 0.118. The Labute approximate surface area is 143 Å². The fourth-order valence-electron chi connectivity index (χ4n) is 2.20. The van der Waals surface area contributed by atoms with E-state index in [1.165, 1.54) is 0 Å². The molecule has 1 unspecified atom stereocenters. The molecule has 2 aromatic heterocycles. The van der Waals surface area contributed by atoms with Gasteiger partial charge in [0.15, 0.2) is 11.1 Å². The van der Waals surface area contributed by atoms with Gasteiger partial charge in [0.25, 0.3) is 0 Å². The Morgan fingerprint density at radius 2 is 1.88 bits per heavy atom. The van der Waals surface area contributed by atoms with E-state index in [-0.39, 0.29) is 17.4 Å². The third-order valence-electron chi connectivity index (χ3n) is 3.39. The van der Waals surface area contributed by atoms with Crippen molar-refractivity contribution in [2.24, 2.45) is 0 Å². The Morgan fingerprint density at radius 3 is 2.54 bits per heavy atom. The number of amides is 1. The summed E-state index contributed by atoms with van der Waals surface area (Å²) in [6.45, 7) is 0.219. The molecule has 3 rings (SSSR count). The van der Waals surface area contributed by atoms with Crippen LogP contribution in [0.25, 0.3) is 11.0 Å². The van der Waals surface area contributed by atoms with E-state index in [0.717, 1.165) is 0 Å². The highest BCUT2D eigenvalue weighted by molar-refractivity contribution is 6.30. The van der Waals surface area contributed by atoms with Gasteiger partial charge >= 0.3 is 0 Å². The third kappa shape index (κ3) is 3.31. The molecule has 0 saturated heterocycles. The Balaban J connectivity index is 1.84. The maximum atomic E-state index is 12.3. The first-order chi connectivity index (χ1) is 11.7. The summed E-state index contributed by atoms with van der Waals surface area (Å²) in [4.78, 5) is 25.0. The molecule has 0 fully saturated rings. The molecule has 0 radical (unpaired) electrons. The molecule has 0 aliphatic heterocycles. The number of rotatable bonds is 4. The number of aromatic nitrogens is 3. The summed E-state index contributed by atoms with van der Waals surface area (Å²) in [5.41, 5.74) is 2.03. The number of para-hydroxylation sites is 2. The van der Waals surface area contributed by atoms with Crippen molar-refractivity contribution in [1.82, 2.24) is 20.3 Å². The third-order valence-corrected chi connectivity index (χ3v) is 3.67. The fourth-order valence-corrected chi connectivity index (χ4v) is 2.44. The van der Waals surface area contributed by atoms with Gasteiger partial charge in [-0.25, -0.2) is 9.97 Å². The standard InChI is InChI=1S/C17H12ClN5O/c18-16-15(22-13-6-1-2-7-14(13)23-16)12(9-19)17(24)21-10-11-5-3-4-8-20-11/h1-8,12H,10H2,(H,21,24). The summed E-state index contributed by atoms with van der Waals surface area (Å²) < 4.78 is 0. The predicted molar refractivity (Wildman–Crippen MR) is 89.0 cm³/mol. The Bertz CT molecular complexity index is 923. The second-order valence-corrected chi connectivity index (χ2v) is 5.35. The first-order valence-electron chi connectivity index (χ1n) is 7.18. The normalized spacial score (nSPS) is 11.7. The number of carbonyl (C=O) groups is 1. The van der Waals surface area contributed by atoms with E-state index >= 15 is 0 Å². The van der Waals surface area contributed by atoms with Crippen LogP contribution in [0.5, 0.6) is 0 Å². The zero-order chi connectivity index (χ0) is 16.9. The van der Waals surface area contributed by atoms with Gasteiger partial charge < -0.3 is 5.32 Å². The maximum absolute atomic E-state index is 12.3. The molecule has 1 atom stereocenters. The minimum absolute atomic E-state index is 0.0493. The molecule has 24 heavy (non-hydrogen) atoms. The zero-order valence-corrected chi connectivity index (χ0v) is 13.2. The van der Waals surface area contributed by atoms with Crippen molar-refractivity contribution < 1.29 is 4.79 Å². The van der Waals surface area contributed by atoms with Crippen LogP contribution in [0.2, 0.25) is 5.15 Å². The van der Waals surface area contributed by atoms with E-state index < -0.39 is 11.8 Å². The minimum atomic E-state index is -1.14. The molecule has 0 saturated carbocycles. The van der Waals surface area contributed by atoms with Crippen LogP contribution in [0.4, 0.5) is 0 Å². The molecule has 7 heteroatoms. The van der Waals surface area contributed by atoms with Gasteiger partial charge in [0.1, 0.15) is 5.69 Å². The lowest BCUT2D eigenvalue weighted by molar-refractivity contribution is -0.121. The molecular formula is C17H12ClN5O. The number of fused-ring (bicyclic) bond motifs is 1.